The highest BCUT2D eigenvalue weighted by Gasteiger charge is 2.37. The topological polar surface area (TPSA) is 84.7 Å². The molecule has 1 unspecified atom stereocenters. The maximum absolute atomic E-state index is 13.3. The van der Waals surface area contributed by atoms with Gasteiger partial charge in [-0.05, 0) is 43.3 Å². The summed E-state index contributed by atoms with van der Waals surface area (Å²) in [5.41, 5.74) is 1.38. The van der Waals surface area contributed by atoms with Crippen LogP contribution in [0.3, 0.4) is 0 Å². The van der Waals surface area contributed by atoms with Crippen LogP contribution in [-0.4, -0.2) is 52.5 Å². The third-order valence-electron chi connectivity index (χ3n) is 6.38. The van der Waals surface area contributed by atoms with Crippen molar-refractivity contribution in [2.75, 3.05) is 31.1 Å². The second-order valence-electron chi connectivity index (χ2n) is 8.41. The van der Waals surface area contributed by atoms with E-state index in [0.717, 1.165) is 11.4 Å². The number of para-hydroxylation sites is 1. The molecule has 0 saturated carbocycles. The van der Waals surface area contributed by atoms with Crippen LogP contribution in [0, 0.1) is 5.92 Å². The van der Waals surface area contributed by atoms with E-state index in [0.29, 0.717) is 55.9 Å². The number of anilines is 1. The zero-order chi connectivity index (χ0) is 22.9. The van der Waals surface area contributed by atoms with Crippen LogP contribution in [-0.2, 0) is 22.6 Å². The van der Waals surface area contributed by atoms with Gasteiger partial charge in [0.05, 0.1) is 23.4 Å². The van der Waals surface area contributed by atoms with Crippen LogP contribution in [0.4, 0.5) is 5.69 Å². The zero-order valence-electron chi connectivity index (χ0n) is 18.6. The standard InChI is InChI=1S/C25H26N4O4/c1-2-33-19-9-7-18(8-10-19)29-16-17(15-23(29)30)24(31)27-12-11-22-26-21-6-4-3-5-20(21)25(32)28(22)14-13-27/h3-10,17H,2,11-16H2,1H3. The summed E-state index contributed by atoms with van der Waals surface area (Å²) in [6, 6.07) is 14.7. The van der Waals surface area contributed by atoms with E-state index in [1.807, 2.05) is 49.4 Å². The van der Waals surface area contributed by atoms with Crippen molar-refractivity contribution in [2.24, 2.45) is 5.92 Å². The van der Waals surface area contributed by atoms with Crippen molar-refractivity contribution in [1.82, 2.24) is 14.5 Å². The minimum absolute atomic E-state index is 0.0396. The number of fused-ring (bicyclic) bond motifs is 2. The lowest BCUT2D eigenvalue weighted by Crippen LogP contribution is -2.39. The Kier molecular flexibility index (Phi) is 5.58. The third-order valence-corrected chi connectivity index (χ3v) is 6.38. The molecule has 1 aromatic heterocycles. The summed E-state index contributed by atoms with van der Waals surface area (Å²) in [5, 5.41) is 0.591. The quantitative estimate of drug-likeness (QED) is 0.614. The smallest absolute Gasteiger partial charge is 0.261 e. The first-order chi connectivity index (χ1) is 16.0. The van der Waals surface area contributed by atoms with E-state index in [9.17, 15) is 14.4 Å². The third kappa shape index (κ3) is 3.97. The highest BCUT2D eigenvalue weighted by Crippen LogP contribution is 2.28. The molecule has 3 heterocycles. The molecule has 2 aliphatic heterocycles. The molecule has 5 rings (SSSR count). The molecule has 1 atom stereocenters. The van der Waals surface area contributed by atoms with Gasteiger partial charge in [0.1, 0.15) is 11.6 Å². The van der Waals surface area contributed by atoms with Gasteiger partial charge in [0, 0.05) is 44.7 Å². The molecular weight excluding hydrogens is 420 g/mol. The molecule has 2 amide bonds. The average molecular weight is 447 g/mol. The second-order valence-corrected chi connectivity index (χ2v) is 8.41. The Morgan fingerprint density at radius 1 is 1.06 bits per heavy atom. The van der Waals surface area contributed by atoms with Gasteiger partial charge in [-0.2, -0.15) is 0 Å². The predicted octanol–water partition coefficient (Wildman–Crippen LogP) is 2.23. The summed E-state index contributed by atoms with van der Waals surface area (Å²) < 4.78 is 7.15. The monoisotopic (exact) mass is 446 g/mol. The number of carbonyl (C=O) groups is 2. The Hall–Kier alpha value is -3.68. The highest BCUT2D eigenvalue weighted by molar-refractivity contribution is 6.00. The molecule has 0 aliphatic carbocycles. The van der Waals surface area contributed by atoms with Gasteiger partial charge in [-0.15, -0.1) is 0 Å². The Balaban J connectivity index is 1.30. The molecule has 2 aliphatic rings. The first-order valence-electron chi connectivity index (χ1n) is 11.4. The lowest BCUT2D eigenvalue weighted by atomic mass is 10.1. The fraction of sp³-hybridized carbons (Fsp3) is 0.360. The van der Waals surface area contributed by atoms with E-state index in [4.69, 9.17) is 4.74 Å². The molecule has 8 heteroatoms. The van der Waals surface area contributed by atoms with Gasteiger partial charge in [-0.1, -0.05) is 12.1 Å². The molecule has 0 spiro atoms. The summed E-state index contributed by atoms with van der Waals surface area (Å²) in [7, 11) is 0. The second kappa shape index (κ2) is 8.69. The molecule has 0 radical (unpaired) electrons. The first-order valence-corrected chi connectivity index (χ1v) is 11.4. The maximum Gasteiger partial charge on any atom is 0.261 e. The molecule has 0 bridgehead atoms. The van der Waals surface area contributed by atoms with E-state index in [1.54, 1.807) is 20.4 Å². The minimum atomic E-state index is -0.394. The Morgan fingerprint density at radius 3 is 2.64 bits per heavy atom. The number of hydrogen-bond acceptors (Lipinski definition) is 5. The van der Waals surface area contributed by atoms with Crippen LogP contribution in [0.15, 0.2) is 53.3 Å². The van der Waals surface area contributed by atoms with E-state index in [-0.39, 0.29) is 23.8 Å². The largest absolute Gasteiger partial charge is 0.494 e. The summed E-state index contributed by atoms with van der Waals surface area (Å²) in [6.45, 7) is 4.18. The summed E-state index contributed by atoms with van der Waals surface area (Å²) >= 11 is 0. The fourth-order valence-corrected chi connectivity index (χ4v) is 4.69. The van der Waals surface area contributed by atoms with Crippen molar-refractivity contribution < 1.29 is 14.3 Å². The number of carbonyl (C=O) groups excluding carboxylic acids is 2. The number of amides is 2. The molecule has 33 heavy (non-hydrogen) atoms. The van der Waals surface area contributed by atoms with Crippen LogP contribution < -0.4 is 15.2 Å². The van der Waals surface area contributed by atoms with Gasteiger partial charge < -0.3 is 14.5 Å². The van der Waals surface area contributed by atoms with Gasteiger partial charge in [0.2, 0.25) is 11.8 Å². The lowest BCUT2D eigenvalue weighted by molar-refractivity contribution is -0.135. The zero-order valence-corrected chi connectivity index (χ0v) is 18.6. The number of rotatable bonds is 4. The van der Waals surface area contributed by atoms with Crippen molar-refractivity contribution in [2.45, 2.75) is 26.3 Å². The van der Waals surface area contributed by atoms with Gasteiger partial charge in [0.25, 0.3) is 5.56 Å². The van der Waals surface area contributed by atoms with Crippen molar-refractivity contribution in [3.8, 4) is 5.75 Å². The van der Waals surface area contributed by atoms with Crippen LogP contribution in [0.5, 0.6) is 5.75 Å². The molecule has 1 saturated heterocycles. The molecule has 2 aromatic carbocycles. The average Bonchev–Trinajstić information content (AvgIpc) is 3.09. The number of hydrogen-bond donors (Lipinski definition) is 0. The lowest BCUT2D eigenvalue weighted by Gasteiger charge is -2.23. The van der Waals surface area contributed by atoms with Gasteiger partial charge in [0.15, 0.2) is 0 Å². The highest BCUT2D eigenvalue weighted by atomic mass is 16.5. The summed E-state index contributed by atoms with van der Waals surface area (Å²) in [6.07, 6.45) is 0.701. The minimum Gasteiger partial charge on any atom is -0.494 e. The van der Waals surface area contributed by atoms with Gasteiger partial charge in [-0.25, -0.2) is 4.98 Å². The fourth-order valence-electron chi connectivity index (χ4n) is 4.69. The number of nitrogens with zero attached hydrogens (tertiary/aromatic N) is 4. The maximum atomic E-state index is 13.3. The van der Waals surface area contributed by atoms with Crippen LogP contribution in [0.2, 0.25) is 0 Å². The van der Waals surface area contributed by atoms with Crippen molar-refractivity contribution >= 4 is 28.4 Å². The van der Waals surface area contributed by atoms with E-state index in [1.165, 1.54) is 0 Å². The Morgan fingerprint density at radius 2 is 1.85 bits per heavy atom. The van der Waals surface area contributed by atoms with Crippen molar-refractivity contribution in [3.63, 3.8) is 0 Å². The molecule has 1 fully saturated rings. The molecular formula is C25H26N4O4. The molecule has 170 valence electrons. The number of aromatic nitrogens is 2. The first kappa shape index (κ1) is 21.2. The molecule has 0 N–H and O–H groups in total. The summed E-state index contributed by atoms with van der Waals surface area (Å²) in [5.74, 6) is 0.963. The molecule has 3 aromatic rings. The molecule has 8 nitrogen and oxygen atoms in total. The summed E-state index contributed by atoms with van der Waals surface area (Å²) in [4.78, 5) is 47.0. The number of ether oxygens (including phenoxy) is 1. The van der Waals surface area contributed by atoms with E-state index < -0.39 is 5.92 Å². The van der Waals surface area contributed by atoms with Gasteiger partial charge >= 0.3 is 0 Å². The van der Waals surface area contributed by atoms with E-state index in [2.05, 4.69) is 4.98 Å². The SMILES string of the molecule is CCOc1ccc(N2CC(C(=O)N3CCc4nc5ccccc5c(=O)n4CC3)CC2=O)cc1. The normalized spacial score (nSPS) is 18.3. The Bertz CT molecular complexity index is 1270. The van der Waals surface area contributed by atoms with Gasteiger partial charge in [-0.3, -0.25) is 19.0 Å². The number of benzene rings is 2. The predicted molar refractivity (Wildman–Crippen MR) is 124 cm³/mol. The van der Waals surface area contributed by atoms with Crippen LogP contribution in [0.25, 0.3) is 10.9 Å². The Labute approximate surface area is 191 Å². The van der Waals surface area contributed by atoms with Crippen LogP contribution >= 0.6 is 0 Å². The van der Waals surface area contributed by atoms with Crippen molar-refractivity contribution in [1.29, 1.82) is 0 Å². The van der Waals surface area contributed by atoms with E-state index >= 15 is 0 Å². The van der Waals surface area contributed by atoms with Crippen LogP contribution in [0.1, 0.15) is 19.2 Å². The van der Waals surface area contributed by atoms with Crippen molar-refractivity contribution in [3.05, 3.63) is 64.7 Å².